The topological polar surface area (TPSA) is 124 Å². The van der Waals surface area contributed by atoms with E-state index >= 15 is 0 Å². The number of rotatable bonds is 6. The molecule has 0 atom stereocenters. The number of fused-ring (bicyclic) bond motifs is 1. The number of sulfonamides is 1. The van der Waals surface area contributed by atoms with E-state index in [0.717, 1.165) is 11.0 Å². The Morgan fingerprint density at radius 1 is 1.07 bits per heavy atom. The van der Waals surface area contributed by atoms with Crippen molar-refractivity contribution >= 4 is 39.4 Å². The molecule has 2 amide bonds. The first-order chi connectivity index (χ1) is 13.2. The van der Waals surface area contributed by atoms with Crippen LogP contribution in [-0.2, 0) is 14.8 Å². The molecule has 3 rings (SSSR count). The number of benzene rings is 2. The molecule has 8 nitrogen and oxygen atoms in total. The van der Waals surface area contributed by atoms with Gasteiger partial charge in [-0.1, -0.05) is 23.7 Å². The van der Waals surface area contributed by atoms with E-state index in [-0.39, 0.29) is 35.1 Å². The number of ether oxygens (including phenoxy) is 1. The van der Waals surface area contributed by atoms with Crippen molar-refractivity contribution in [1.29, 1.82) is 0 Å². The molecule has 0 bridgehead atoms. The first kappa shape index (κ1) is 20.0. The quantitative estimate of drug-likeness (QED) is 0.430. The van der Waals surface area contributed by atoms with E-state index in [1.54, 1.807) is 24.3 Å². The third-order valence-corrected chi connectivity index (χ3v) is 5.36. The van der Waals surface area contributed by atoms with Gasteiger partial charge in [-0.25, -0.2) is 18.4 Å². The lowest BCUT2D eigenvalue weighted by molar-refractivity contribution is 0.0482. The molecule has 0 radical (unpaired) electrons. The predicted molar refractivity (Wildman–Crippen MR) is 99.5 cm³/mol. The monoisotopic (exact) mass is 422 g/mol. The van der Waals surface area contributed by atoms with Crippen LogP contribution in [0, 0.1) is 0 Å². The maximum Gasteiger partial charge on any atom is 0.339 e. The number of nitrogens with two attached hydrogens (primary N) is 1. The first-order valence-corrected chi connectivity index (χ1v) is 10.1. The van der Waals surface area contributed by atoms with E-state index < -0.39 is 27.8 Å². The second-order valence-electron chi connectivity index (χ2n) is 5.98. The molecule has 0 aromatic heterocycles. The van der Waals surface area contributed by atoms with E-state index in [0.29, 0.717) is 11.1 Å². The van der Waals surface area contributed by atoms with Gasteiger partial charge < -0.3 is 4.74 Å². The van der Waals surface area contributed by atoms with Crippen LogP contribution in [0.2, 0.25) is 5.02 Å². The van der Waals surface area contributed by atoms with Crippen LogP contribution in [-0.4, -0.2) is 44.3 Å². The smallest absolute Gasteiger partial charge is 0.339 e. The number of nitrogens with zero attached hydrogens (tertiary/aromatic N) is 1. The Kier molecular flexibility index (Phi) is 5.50. The number of amides is 2. The summed E-state index contributed by atoms with van der Waals surface area (Å²) in [6.45, 7) is -0.0211. The predicted octanol–water partition coefficient (Wildman–Crippen LogP) is 1.83. The van der Waals surface area contributed by atoms with Crippen LogP contribution in [0.5, 0.6) is 0 Å². The van der Waals surface area contributed by atoms with Crippen molar-refractivity contribution in [3.8, 4) is 0 Å². The fraction of sp³-hybridized carbons (Fsp3) is 0.167. The van der Waals surface area contributed by atoms with Crippen LogP contribution in [0.25, 0.3) is 0 Å². The molecule has 0 saturated carbocycles. The normalized spacial score (nSPS) is 13.6. The SMILES string of the molecule is NS(=O)(=O)c1ccc(Cl)c(C(=O)OCCCN2C(=O)c3ccccc3C2=O)c1. The van der Waals surface area contributed by atoms with Gasteiger partial charge in [0.2, 0.25) is 10.0 Å². The van der Waals surface area contributed by atoms with Crippen LogP contribution >= 0.6 is 11.6 Å². The van der Waals surface area contributed by atoms with Gasteiger partial charge in [-0.05, 0) is 36.8 Å². The molecule has 0 aliphatic carbocycles. The highest BCUT2D eigenvalue weighted by Crippen LogP contribution is 2.23. The van der Waals surface area contributed by atoms with Gasteiger partial charge in [0.15, 0.2) is 0 Å². The van der Waals surface area contributed by atoms with Crippen molar-refractivity contribution in [2.75, 3.05) is 13.2 Å². The van der Waals surface area contributed by atoms with Gasteiger partial charge in [-0.15, -0.1) is 0 Å². The van der Waals surface area contributed by atoms with Crippen molar-refractivity contribution < 1.29 is 27.5 Å². The molecule has 2 N–H and O–H groups in total. The Balaban J connectivity index is 1.59. The van der Waals surface area contributed by atoms with Crippen LogP contribution in [0.1, 0.15) is 37.5 Å². The van der Waals surface area contributed by atoms with Crippen LogP contribution in [0.3, 0.4) is 0 Å². The second kappa shape index (κ2) is 7.70. The zero-order valence-corrected chi connectivity index (χ0v) is 16.0. The number of hydrogen-bond donors (Lipinski definition) is 1. The number of carbonyl (C=O) groups excluding carboxylic acids is 3. The number of esters is 1. The Bertz CT molecular complexity index is 1050. The van der Waals surface area contributed by atoms with Gasteiger partial charge in [0.25, 0.3) is 11.8 Å². The van der Waals surface area contributed by atoms with Crippen molar-refractivity contribution in [1.82, 2.24) is 4.90 Å². The Hall–Kier alpha value is -2.75. The maximum absolute atomic E-state index is 12.2. The first-order valence-electron chi connectivity index (χ1n) is 8.15. The molecule has 1 heterocycles. The Labute approximate surface area is 165 Å². The maximum atomic E-state index is 12.2. The zero-order chi connectivity index (χ0) is 20.5. The summed E-state index contributed by atoms with van der Waals surface area (Å²) in [6, 6.07) is 9.95. The summed E-state index contributed by atoms with van der Waals surface area (Å²) in [6.07, 6.45) is 0.212. The molecule has 2 aromatic rings. The average molecular weight is 423 g/mol. The summed E-state index contributed by atoms with van der Waals surface area (Å²) < 4.78 is 27.9. The standard InChI is InChI=1S/C18H15ClN2O6S/c19-15-7-6-11(28(20,25)26)10-14(15)18(24)27-9-3-8-21-16(22)12-4-1-2-5-13(12)17(21)23/h1-2,4-7,10H,3,8-9H2,(H2,20,25,26). The minimum absolute atomic E-state index is 0.0118. The van der Waals surface area contributed by atoms with Crippen LogP contribution < -0.4 is 5.14 Å². The van der Waals surface area contributed by atoms with Gasteiger partial charge in [-0.3, -0.25) is 14.5 Å². The number of carbonyl (C=O) groups is 3. The average Bonchev–Trinajstić information content (AvgIpc) is 2.89. The van der Waals surface area contributed by atoms with Crippen LogP contribution in [0.15, 0.2) is 47.4 Å². The van der Waals surface area contributed by atoms with Crippen molar-refractivity contribution in [3.63, 3.8) is 0 Å². The molecule has 2 aromatic carbocycles. The summed E-state index contributed by atoms with van der Waals surface area (Å²) in [5.41, 5.74) is 0.543. The molecule has 146 valence electrons. The Morgan fingerprint density at radius 2 is 1.68 bits per heavy atom. The highest BCUT2D eigenvalue weighted by atomic mass is 35.5. The van der Waals surface area contributed by atoms with Crippen molar-refractivity contribution in [2.24, 2.45) is 5.14 Å². The molecule has 0 saturated heterocycles. The van der Waals surface area contributed by atoms with E-state index in [9.17, 15) is 22.8 Å². The molecular weight excluding hydrogens is 408 g/mol. The highest BCUT2D eigenvalue weighted by molar-refractivity contribution is 7.89. The second-order valence-corrected chi connectivity index (χ2v) is 7.95. The fourth-order valence-electron chi connectivity index (χ4n) is 2.75. The lowest BCUT2D eigenvalue weighted by Crippen LogP contribution is -2.31. The molecule has 1 aliphatic heterocycles. The summed E-state index contributed by atoms with van der Waals surface area (Å²) >= 11 is 5.91. The van der Waals surface area contributed by atoms with E-state index in [2.05, 4.69) is 0 Å². The van der Waals surface area contributed by atoms with Gasteiger partial charge in [0.1, 0.15) is 0 Å². The molecular formula is C18H15ClN2O6S. The fourth-order valence-corrected chi connectivity index (χ4v) is 3.48. The molecule has 10 heteroatoms. The third-order valence-electron chi connectivity index (χ3n) is 4.12. The summed E-state index contributed by atoms with van der Waals surface area (Å²) in [4.78, 5) is 37.5. The summed E-state index contributed by atoms with van der Waals surface area (Å²) in [7, 11) is -4.00. The van der Waals surface area contributed by atoms with Gasteiger partial charge in [0, 0.05) is 6.54 Å². The molecule has 0 fully saturated rings. The number of imide groups is 1. The highest BCUT2D eigenvalue weighted by Gasteiger charge is 2.34. The number of primary sulfonamides is 1. The minimum Gasteiger partial charge on any atom is -0.462 e. The molecule has 0 unspecified atom stereocenters. The van der Waals surface area contributed by atoms with Gasteiger partial charge in [0.05, 0.1) is 33.2 Å². The zero-order valence-electron chi connectivity index (χ0n) is 14.4. The Morgan fingerprint density at radius 3 is 2.25 bits per heavy atom. The number of hydrogen-bond acceptors (Lipinski definition) is 6. The summed E-state index contributed by atoms with van der Waals surface area (Å²) in [5, 5.41) is 5.05. The van der Waals surface area contributed by atoms with E-state index in [1.165, 1.54) is 12.1 Å². The van der Waals surface area contributed by atoms with E-state index in [4.69, 9.17) is 21.5 Å². The van der Waals surface area contributed by atoms with Crippen molar-refractivity contribution in [3.05, 3.63) is 64.2 Å². The molecule has 0 spiro atoms. The van der Waals surface area contributed by atoms with Crippen LogP contribution in [0.4, 0.5) is 0 Å². The largest absolute Gasteiger partial charge is 0.462 e. The molecule has 28 heavy (non-hydrogen) atoms. The third kappa shape index (κ3) is 3.91. The number of halogens is 1. The summed E-state index contributed by atoms with van der Waals surface area (Å²) in [5.74, 6) is -1.62. The van der Waals surface area contributed by atoms with Gasteiger partial charge in [-0.2, -0.15) is 0 Å². The van der Waals surface area contributed by atoms with Crippen molar-refractivity contribution in [2.45, 2.75) is 11.3 Å². The molecule has 1 aliphatic rings. The minimum atomic E-state index is -4.00. The lowest BCUT2D eigenvalue weighted by atomic mass is 10.1. The lowest BCUT2D eigenvalue weighted by Gasteiger charge is -2.14. The van der Waals surface area contributed by atoms with Gasteiger partial charge >= 0.3 is 5.97 Å². The van der Waals surface area contributed by atoms with E-state index in [1.807, 2.05) is 0 Å².